The number of benzene rings is 2. The molecule has 6 nitrogen and oxygen atoms in total. The molecule has 2 N–H and O–H groups in total. The maximum absolute atomic E-state index is 12.7. The molecule has 4 aromatic rings. The number of amides is 1. The van der Waals surface area contributed by atoms with Crippen molar-refractivity contribution in [3.63, 3.8) is 0 Å². The number of hydrogen-bond donors (Lipinski definition) is 2. The van der Waals surface area contributed by atoms with E-state index in [1.807, 2.05) is 19.9 Å². The van der Waals surface area contributed by atoms with E-state index in [4.69, 9.17) is 0 Å². The highest BCUT2D eigenvalue weighted by Crippen LogP contribution is 2.37. The molecule has 0 radical (unpaired) electrons. The lowest BCUT2D eigenvalue weighted by atomic mass is 10.1. The van der Waals surface area contributed by atoms with Gasteiger partial charge in [-0.3, -0.25) is 14.7 Å². The Kier molecular flexibility index (Phi) is 3.87. The maximum atomic E-state index is 12.7. The average molecular weight is 384 g/mol. The third-order valence-corrected chi connectivity index (χ3v) is 5.62. The fourth-order valence-corrected chi connectivity index (χ4v) is 4.20. The van der Waals surface area contributed by atoms with Gasteiger partial charge in [0.15, 0.2) is 5.65 Å². The van der Waals surface area contributed by atoms with Crippen LogP contribution in [0.1, 0.15) is 28.1 Å². The lowest BCUT2D eigenvalue weighted by Gasteiger charge is -2.12. The zero-order valence-electron chi connectivity index (χ0n) is 16.2. The monoisotopic (exact) mass is 384 g/mol. The molecule has 0 aliphatic heterocycles. The highest BCUT2D eigenvalue weighted by Gasteiger charge is 2.19. The second-order valence-electron chi connectivity index (χ2n) is 7.51. The van der Waals surface area contributed by atoms with Gasteiger partial charge < -0.3 is 5.32 Å². The molecular weight excluding hydrogens is 364 g/mol. The second kappa shape index (κ2) is 6.44. The van der Waals surface area contributed by atoms with Crippen LogP contribution in [0.4, 0.5) is 5.69 Å². The van der Waals surface area contributed by atoms with Crippen molar-refractivity contribution in [3.05, 3.63) is 87.0 Å². The number of nitrogens with one attached hydrogen (secondary N) is 2. The van der Waals surface area contributed by atoms with Gasteiger partial charge in [0.2, 0.25) is 5.91 Å². The molecule has 0 saturated heterocycles. The van der Waals surface area contributed by atoms with Gasteiger partial charge >= 0.3 is 0 Å². The summed E-state index contributed by atoms with van der Waals surface area (Å²) >= 11 is 0. The van der Waals surface area contributed by atoms with Crippen LogP contribution in [-0.2, 0) is 17.6 Å². The number of aromatic nitrogens is 3. The van der Waals surface area contributed by atoms with Gasteiger partial charge in [0.25, 0.3) is 5.56 Å². The van der Waals surface area contributed by atoms with E-state index in [0.29, 0.717) is 5.65 Å². The predicted octanol–water partition coefficient (Wildman–Crippen LogP) is 3.39. The number of aromatic amines is 1. The zero-order valence-corrected chi connectivity index (χ0v) is 16.2. The minimum Gasteiger partial charge on any atom is -0.326 e. The van der Waals surface area contributed by atoms with E-state index >= 15 is 0 Å². The van der Waals surface area contributed by atoms with Gasteiger partial charge in [-0.2, -0.15) is 0 Å². The number of aryl methyl sites for hydroxylation is 2. The summed E-state index contributed by atoms with van der Waals surface area (Å²) in [5, 5.41) is 5.73. The predicted molar refractivity (Wildman–Crippen MR) is 112 cm³/mol. The number of rotatable bonds is 3. The molecule has 29 heavy (non-hydrogen) atoms. The molecule has 0 saturated carbocycles. The van der Waals surface area contributed by atoms with Crippen LogP contribution in [0.5, 0.6) is 0 Å². The normalized spacial score (nSPS) is 12.1. The van der Waals surface area contributed by atoms with Gasteiger partial charge in [0, 0.05) is 28.7 Å². The van der Waals surface area contributed by atoms with E-state index in [1.165, 1.54) is 28.3 Å². The van der Waals surface area contributed by atoms with Crippen LogP contribution in [0.3, 0.4) is 0 Å². The first-order valence-electron chi connectivity index (χ1n) is 9.58. The van der Waals surface area contributed by atoms with E-state index < -0.39 is 0 Å². The first kappa shape index (κ1) is 17.4. The maximum Gasteiger partial charge on any atom is 0.266 e. The fourth-order valence-electron chi connectivity index (χ4n) is 4.20. The molecule has 0 atom stereocenters. The molecule has 1 aliphatic carbocycles. The van der Waals surface area contributed by atoms with Crippen molar-refractivity contribution in [2.75, 3.05) is 5.32 Å². The Morgan fingerprint density at radius 1 is 1.10 bits per heavy atom. The number of hydrogen-bond acceptors (Lipinski definition) is 3. The number of fused-ring (bicyclic) bond motifs is 4. The van der Waals surface area contributed by atoms with E-state index in [-0.39, 0.29) is 17.9 Å². The highest BCUT2D eigenvalue weighted by atomic mass is 16.1. The van der Waals surface area contributed by atoms with Crippen LogP contribution in [0.25, 0.3) is 16.8 Å². The molecule has 0 unspecified atom stereocenters. The van der Waals surface area contributed by atoms with Crippen LogP contribution >= 0.6 is 0 Å². The molecule has 144 valence electrons. The third-order valence-electron chi connectivity index (χ3n) is 5.62. The van der Waals surface area contributed by atoms with Crippen molar-refractivity contribution >= 4 is 17.2 Å². The third kappa shape index (κ3) is 2.93. The number of carbonyl (C=O) groups is 1. The second-order valence-corrected chi connectivity index (χ2v) is 7.51. The molecule has 0 fully saturated rings. The van der Waals surface area contributed by atoms with Crippen molar-refractivity contribution in [3.8, 4) is 11.1 Å². The summed E-state index contributed by atoms with van der Waals surface area (Å²) in [6.45, 7) is 3.74. The zero-order chi connectivity index (χ0) is 20.1. The van der Waals surface area contributed by atoms with Crippen LogP contribution in [-0.4, -0.2) is 20.5 Å². The summed E-state index contributed by atoms with van der Waals surface area (Å²) in [7, 11) is 0. The molecule has 2 heterocycles. The van der Waals surface area contributed by atoms with Crippen molar-refractivity contribution in [2.24, 2.45) is 0 Å². The first-order chi connectivity index (χ1) is 14.0. The smallest absolute Gasteiger partial charge is 0.266 e. The van der Waals surface area contributed by atoms with Gasteiger partial charge in [-0.25, -0.2) is 9.50 Å². The van der Waals surface area contributed by atoms with E-state index in [2.05, 4.69) is 51.8 Å². The van der Waals surface area contributed by atoms with E-state index in [9.17, 15) is 9.59 Å². The van der Waals surface area contributed by atoms with E-state index in [1.54, 1.807) is 4.52 Å². The number of anilines is 1. The van der Waals surface area contributed by atoms with Crippen molar-refractivity contribution < 1.29 is 4.79 Å². The average Bonchev–Trinajstić information content (AvgIpc) is 3.24. The number of nitrogens with zero attached hydrogens (tertiary/aromatic N) is 2. The Labute approximate surface area is 167 Å². The standard InChI is InChI=1S/C23H20N4O2/c1-13-20(14(2)27-21(24-13)12-23(29)26-27)11-22(28)25-17-7-8-19-16(10-17)9-15-5-3-4-6-18(15)19/h3-8,10,12H,9,11H2,1-2H3,(H,25,28)(H,26,29). The molecular formula is C23H20N4O2. The van der Waals surface area contributed by atoms with Crippen LogP contribution in [0.2, 0.25) is 0 Å². The van der Waals surface area contributed by atoms with Crippen molar-refractivity contribution in [1.82, 2.24) is 14.6 Å². The Balaban J connectivity index is 1.39. The molecule has 0 bridgehead atoms. The SMILES string of the molecule is Cc1nc2cc(=O)[nH]n2c(C)c1CC(=O)Nc1ccc2c(c1)Cc1ccccc1-2. The Morgan fingerprint density at radius 3 is 2.76 bits per heavy atom. The van der Waals surface area contributed by atoms with Crippen LogP contribution in [0.15, 0.2) is 53.3 Å². The lowest BCUT2D eigenvalue weighted by Crippen LogP contribution is -2.18. The molecule has 1 aliphatic rings. The molecule has 1 amide bonds. The number of carbonyl (C=O) groups excluding carboxylic acids is 1. The van der Waals surface area contributed by atoms with Crippen LogP contribution in [0, 0.1) is 13.8 Å². The van der Waals surface area contributed by atoms with Gasteiger partial charge in [-0.1, -0.05) is 30.3 Å². The molecule has 6 heteroatoms. The molecule has 0 spiro atoms. The minimum absolute atomic E-state index is 0.109. The van der Waals surface area contributed by atoms with Crippen LogP contribution < -0.4 is 10.9 Å². The summed E-state index contributed by atoms with van der Waals surface area (Å²) < 4.78 is 1.63. The van der Waals surface area contributed by atoms with Crippen molar-refractivity contribution in [1.29, 1.82) is 0 Å². The summed E-state index contributed by atoms with van der Waals surface area (Å²) in [6.07, 6.45) is 1.08. The molecule has 2 aromatic heterocycles. The minimum atomic E-state index is -0.208. The number of H-pyrrole nitrogens is 1. The summed E-state index contributed by atoms with van der Waals surface area (Å²) in [4.78, 5) is 28.8. The Bertz CT molecular complexity index is 1350. The van der Waals surface area contributed by atoms with Gasteiger partial charge in [0.05, 0.1) is 6.42 Å². The first-order valence-corrected chi connectivity index (χ1v) is 9.58. The van der Waals surface area contributed by atoms with Gasteiger partial charge in [-0.05, 0) is 54.7 Å². The molecule has 5 rings (SSSR count). The summed E-state index contributed by atoms with van der Waals surface area (Å²) in [5.74, 6) is -0.109. The lowest BCUT2D eigenvalue weighted by molar-refractivity contribution is -0.115. The summed E-state index contributed by atoms with van der Waals surface area (Å²) in [6, 6.07) is 15.9. The van der Waals surface area contributed by atoms with Gasteiger partial charge in [0.1, 0.15) is 0 Å². The fraction of sp³-hybridized carbons (Fsp3) is 0.174. The highest BCUT2D eigenvalue weighted by molar-refractivity contribution is 5.93. The Morgan fingerprint density at radius 2 is 1.90 bits per heavy atom. The quantitative estimate of drug-likeness (QED) is 0.500. The largest absolute Gasteiger partial charge is 0.326 e. The summed E-state index contributed by atoms with van der Waals surface area (Å²) in [5.41, 5.74) is 8.57. The topological polar surface area (TPSA) is 79.3 Å². The van der Waals surface area contributed by atoms with Crippen molar-refractivity contribution in [2.45, 2.75) is 26.7 Å². The van der Waals surface area contributed by atoms with E-state index in [0.717, 1.165) is 29.1 Å². The molecule has 2 aromatic carbocycles. The van der Waals surface area contributed by atoms with Gasteiger partial charge in [-0.15, -0.1) is 0 Å². The Hall–Kier alpha value is -3.67.